The maximum atomic E-state index is 12.6. The van der Waals surface area contributed by atoms with Gasteiger partial charge in [-0.25, -0.2) is 0 Å². The minimum Gasteiger partial charge on any atom is -0.339 e. The van der Waals surface area contributed by atoms with Gasteiger partial charge in [0.15, 0.2) is 0 Å². The predicted molar refractivity (Wildman–Crippen MR) is 85.6 cm³/mol. The Kier molecular flexibility index (Phi) is 4.29. The third-order valence-corrected chi connectivity index (χ3v) is 4.93. The summed E-state index contributed by atoms with van der Waals surface area (Å²) >= 11 is 0. The van der Waals surface area contributed by atoms with Gasteiger partial charge in [0.1, 0.15) is 0 Å². The van der Waals surface area contributed by atoms with E-state index in [4.69, 9.17) is 0 Å². The highest BCUT2D eigenvalue weighted by Crippen LogP contribution is 2.28. The summed E-state index contributed by atoms with van der Waals surface area (Å²) in [6, 6.07) is 6.64. The number of rotatable bonds is 4. The van der Waals surface area contributed by atoms with Crippen molar-refractivity contribution >= 4 is 5.91 Å². The molecule has 1 saturated heterocycles. The lowest BCUT2D eigenvalue weighted by Crippen LogP contribution is -2.45. The van der Waals surface area contributed by atoms with Crippen molar-refractivity contribution in [3.63, 3.8) is 0 Å². The molecule has 1 saturated carbocycles. The van der Waals surface area contributed by atoms with Crippen molar-refractivity contribution in [1.29, 1.82) is 0 Å². The molecular formula is C18H26N2O. The zero-order valence-corrected chi connectivity index (χ0v) is 13.2. The molecule has 3 rings (SSSR count). The lowest BCUT2D eigenvalue weighted by atomic mass is 10.0. The number of nitrogens with one attached hydrogen (secondary N) is 1. The molecule has 21 heavy (non-hydrogen) atoms. The van der Waals surface area contributed by atoms with Gasteiger partial charge in [-0.3, -0.25) is 4.79 Å². The summed E-state index contributed by atoms with van der Waals surface area (Å²) in [5.74, 6) is 1.12. The van der Waals surface area contributed by atoms with E-state index in [9.17, 15) is 4.79 Å². The van der Waals surface area contributed by atoms with Crippen LogP contribution in [-0.2, 0) is 0 Å². The summed E-state index contributed by atoms with van der Waals surface area (Å²) in [5.41, 5.74) is 3.28. The van der Waals surface area contributed by atoms with Crippen LogP contribution in [0.25, 0.3) is 0 Å². The Bertz CT molecular complexity index is 514. The fraction of sp³-hybridized carbons (Fsp3) is 0.611. The molecule has 0 aromatic heterocycles. The van der Waals surface area contributed by atoms with Crippen LogP contribution in [-0.4, -0.2) is 36.5 Å². The molecule has 1 aromatic rings. The number of hydrogen-bond acceptors (Lipinski definition) is 2. The maximum Gasteiger partial charge on any atom is 0.253 e. The average molecular weight is 286 g/mol. The molecular weight excluding hydrogens is 260 g/mol. The zero-order chi connectivity index (χ0) is 14.8. The van der Waals surface area contributed by atoms with Crippen molar-refractivity contribution in [2.45, 2.75) is 45.6 Å². The fourth-order valence-electron chi connectivity index (χ4n) is 3.00. The second-order valence-electron chi connectivity index (χ2n) is 6.72. The molecule has 0 bridgehead atoms. The zero-order valence-electron chi connectivity index (χ0n) is 13.2. The van der Waals surface area contributed by atoms with Gasteiger partial charge in [0.2, 0.25) is 0 Å². The van der Waals surface area contributed by atoms with E-state index >= 15 is 0 Å². The van der Waals surface area contributed by atoms with Gasteiger partial charge in [0, 0.05) is 24.7 Å². The first-order chi connectivity index (χ1) is 10.1. The predicted octanol–water partition coefficient (Wildman–Crippen LogP) is 2.91. The largest absolute Gasteiger partial charge is 0.339 e. The molecule has 1 aliphatic heterocycles. The first-order valence-corrected chi connectivity index (χ1v) is 8.23. The van der Waals surface area contributed by atoms with E-state index in [1.807, 2.05) is 23.1 Å². The molecule has 3 nitrogen and oxygen atoms in total. The molecule has 1 aliphatic carbocycles. The summed E-state index contributed by atoms with van der Waals surface area (Å²) in [4.78, 5) is 14.6. The fourth-order valence-corrected chi connectivity index (χ4v) is 3.00. The highest BCUT2D eigenvalue weighted by atomic mass is 16.2. The second kappa shape index (κ2) is 6.18. The number of likely N-dealkylation sites (tertiary alicyclic amines) is 1. The first-order valence-electron chi connectivity index (χ1n) is 8.23. The van der Waals surface area contributed by atoms with Gasteiger partial charge in [-0.05, 0) is 75.3 Å². The summed E-state index contributed by atoms with van der Waals surface area (Å²) in [7, 11) is 0. The van der Waals surface area contributed by atoms with Gasteiger partial charge in [-0.1, -0.05) is 6.07 Å². The van der Waals surface area contributed by atoms with Gasteiger partial charge in [0.25, 0.3) is 5.91 Å². The molecule has 1 N–H and O–H groups in total. The van der Waals surface area contributed by atoms with Crippen molar-refractivity contribution < 1.29 is 4.79 Å². The van der Waals surface area contributed by atoms with Crippen molar-refractivity contribution in [2.24, 2.45) is 5.92 Å². The second-order valence-corrected chi connectivity index (χ2v) is 6.72. The maximum absolute atomic E-state index is 12.6. The molecule has 2 aliphatic rings. The monoisotopic (exact) mass is 286 g/mol. The summed E-state index contributed by atoms with van der Waals surface area (Å²) in [6.07, 6.45) is 4.97. The molecule has 0 unspecified atom stereocenters. The third-order valence-electron chi connectivity index (χ3n) is 4.93. The van der Waals surface area contributed by atoms with Crippen LogP contribution in [0.1, 0.15) is 47.2 Å². The van der Waals surface area contributed by atoms with Gasteiger partial charge < -0.3 is 10.2 Å². The molecule has 0 atom stereocenters. The third kappa shape index (κ3) is 3.65. The molecule has 114 valence electrons. The van der Waals surface area contributed by atoms with Crippen molar-refractivity contribution in [2.75, 3.05) is 19.6 Å². The molecule has 1 aromatic carbocycles. The number of hydrogen-bond donors (Lipinski definition) is 1. The van der Waals surface area contributed by atoms with E-state index in [2.05, 4.69) is 19.2 Å². The number of amides is 1. The Balaban J connectivity index is 1.52. The lowest BCUT2D eigenvalue weighted by Gasteiger charge is -2.32. The number of aryl methyl sites for hydroxylation is 2. The van der Waals surface area contributed by atoms with E-state index in [1.54, 1.807) is 0 Å². The highest BCUT2D eigenvalue weighted by Gasteiger charge is 2.26. The van der Waals surface area contributed by atoms with Gasteiger partial charge in [-0.2, -0.15) is 0 Å². The average Bonchev–Trinajstić information content (AvgIpc) is 3.32. The minimum absolute atomic E-state index is 0.193. The van der Waals surface area contributed by atoms with Crippen LogP contribution in [0, 0.1) is 19.8 Å². The summed E-state index contributed by atoms with van der Waals surface area (Å²) < 4.78 is 0. The van der Waals surface area contributed by atoms with Crippen LogP contribution in [0.5, 0.6) is 0 Å². The van der Waals surface area contributed by atoms with E-state index in [1.165, 1.54) is 30.5 Å². The van der Waals surface area contributed by atoms with Crippen molar-refractivity contribution in [1.82, 2.24) is 10.2 Å². The quantitative estimate of drug-likeness (QED) is 0.923. The number of carbonyl (C=O) groups excluding carboxylic acids is 1. The first kappa shape index (κ1) is 14.6. The number of benzene rings is 1. The Hall–Kier alpha value is -1.35. The summed E-state index contributed by atoms with van der Waals surface area (Å²) in [6.45, 7) is 7.10. The van der Waals surface area contributed by atoms with Crippen LogP contribution >= 0.6 is 0 Å². The minimum atomic E-state index is 0.193. The standard InChI is InChI=1S/C18H26N2O/c1-13-3-6-16(11-14(13)2)18(21)20-9-7-17(8-10-20)19-12-15-4-5-15/h3,6,11,15,17,19H,4-5,7-10,12H2,1-2H3. The van der Waals surface area contributed by atoms with Gasteiger partial charge in [-0.15, -0.1) is 0 Å². The van der Waals surface area contributed by atoms with Gasteiger partial charge in [0.05, 0.1) is 0 Å². The Morgan fingerprint density at radius 2 is 1.86 bits per heavy atom. The molecule has 1 amide bonds. The van der Waals surface area contributed by atoms with Crippen LogP contribution in [0.2, 0.25) is 0 Å². The molecule has 3 heteroatoms. The van der Waals surface area contributed by atoms with Crippen LogP contribution in [0.4, 0.5) is 0 Å². The normalized spacial score (nSPS) is 19.8. The van der Waals surface area contributed by atoms with Crippen LogP contribution < -0.4 is 5.32 Å². The highest BCUT2D eigenvalue weighted by molar-refractivity contribution is 5.94. The van der Waals surface area contributed by atoms with Crippen LogP contribution in [0.15, 0.2) is 18.2 Å². The summed E-state index contributed by atoms with van der Waals surface area (Å²) in [5, 5.41) is 3.66. The molecule has 0 radical (unpaired) electrons. The van der Waals surface area contributed by atoms with Gasteiger partial charge >= 0.3 is 0 Å². The smallest absolute Gasteiger partial charge is 0.253 e. The van der Waals surface area contributed by atoms with E-state index in [0.29, 0.717) is 6.04 Å². The Morgan fingerprint density at radius 1 is 1.14 bits per heavy atom. The van der Waals surface area contributed by atoms with E-state index in [0.717, 1.165) is 37.4 Å². The van der Waals surface area contributed by atoms with Crippen molar-refractivity contribution in [3.8, 4) is 0 Å². The van der Waals surface area contributed by atoms with E-state index < -0.39 is 0 Å². The number of carbonyl (C=O) groups is 1. The van der Waals surface area contributed by atoms with Crippen molar-refractivity contribution in [3.05, 3.63) is 34.9 Å². The Morgan fingerprint density at radius 3 is 2.48 bits per heavy atom. The Labute approximate surface area is 127 Å². The molecule has 0 spiro atoms. The molecule has 1 heterocycles. The van der Waals surface area contributed by atoms with Crippen LogP contribution in [0.3, 0.4) is 0 Å². The molecule has 2 fully saturated rings. The topological polar surface area (TPSA) is 32.3 Å². The van der Waals surface area contributed by atoms with E-state index in [-0.39, 0.29) is 5.91 Å². The number of nitrogens with zero attached hydrogens (tertiary/aromatic N) is 1. The SMILES string of the molecule is Cc1ccc(C(=O)N2CCC(NCC3CC3)CC2)cc1C. The lowest BCUT2D eigenvalue weighted by molar-refractivity contribution is 0.0705. The number of piperidine rings is 1.